The summed E-state index contributed by atoms with van der Waals surface area (Å²) in [6.45, 7) is 5.04. The van der Waals surface area contributed by atoms with Gasteiger partial charge in [0.15, 0.2) is 0 Å². The van der Waals surface area contributed by atoms with Gasteiger partial charge in [0, 0.05) is 24.6 Å². The Morgan fingerprint density at radius 3 is 2.14 bits per heavy atom. The number of carboxylic acids is 2. The number of carboxylic acid groups (broad SMARTS) is 2. The molecule has 1 heterocycles. The number of hydrogen-bond donors (Lipinski definition) is 3. The molecule has 1 aromatic carbocycles. The standard InChI is InChI=1S/C14H16N2.C2H2O4/c1-11-6-12(2)8-14(7-11)16-10-13-4-3-5-15-9-13;3-1(4)2(5)6/h3-9,16H,10H2,1-2H3;(H,3,4)(H,5,6). The van der Waals surface area contributed by atoms with Gasteiger partial charge in [-0.25, -0.2) is 9.59 Å². The molecule has 0 saturated carbocycles. The van der Waals surface area contributed by atoms with Gasteiger partial charge in [-0.3, -0.25) is 4.98 Å². The minimum atomic E-state index is -1.82. The molecule has 6 heteroatoms. The van der Waals surface area contributed by atoms with Crippen molar-refractivity contribution in [1.82, 2.24) is 4.98 Å². The molecule has 0 bridgehead atoms. The molecule has 22 heavy (non-hydrogen) atoms. The van der Waals surface area contributed by atoms with Crippen LogP contribution in [0.25, 0.3) is 0 Å². The molecule has 0 amide bonds. The Morgan fingerprint density at radius 2 is 1.68 bits per heavy atom. The number of benzene rings is 1. The molecule has 3 N–H and O–H groups in total. The summed E-state index contributed by atoms with van der Waals surface area (Å²) in [6, 6.07) is 10.5. The summed E-state index contributed by atoms with van der Waals surface area (Å²) in [5, 5.41) is 18.2. The molecule has 6 nitrogen and oxygen atoms in total. The molecule has 0 fully saturated rings. The van der Waals surface area contributed by atoms with Gasteiger partial charge in [-0.05, 0) is 48.7 Å². The summed E-state index contributed by atoms with van der Waals surface area (Å²) in [4.78, 5) is 22.3. The van der Waals surface area contributed by atoms with Gasteiger partial charge < -0.3 is 15.5 Å². The third-order valence-corrected chi connectivity index (χ3v) is 2.62. The molecular weight excluding hydrogens is 284 g/mol. The Hall–Kier alpha value is -2.89. The zero-order valence-electron chi connectivity index (χ0n) is 12.4. The lowest BCUT2D eigenvalue weighted by molar-refractivity contribution is -0.159. The van der Waals surface area contributed by atoms with Crippen LogP contribution in [-0.4, -0.2) is 27.1 Å². The Kier molecular flexibility index (Phi) is 6.56. The average molecular weight is 302 g/mol. The van der Waals surface area contributed by atoms with Crippen molar-refractivity contribution in [2.45, 2.75) is 20.4 Å². The SMILES string of the molecule is Cc1cc(C)cc(NCc2cccnc2)c1.O=C(O)C(=O)O. The molecule has 2 rings (SSSR count). The molecule has 116 valence electrons. The Balaban J connectivity index is 0.000000346. The highest BCUT2D eigenvalue weighted by molar-refractivity contribution is 6.27. The molecule has 0 aliphatic heterocycles. The fraction of sp³-hybridized carbons (Fsp3) is 0.188. The number of carbonyl (C=O) groups is 2. The van der Waals surface area contributed by atoms with E-state index in [2.05, 4.69) is 48.4 Å². The normalized spacial score (nSPS) is 9.36. The van der Waals surface area contributed by atoms with Gasteiger partial charge in [0.25, 0.3) is 0 Å². The number of nitrogens with one attached hydrogen (secondary N) is 1. The van der Waals surface area contributed by atoms with E-state index in [4.69, 9.17) is 19.8 Å². The highest BCUT2D eigenvalue weighted by Gasteiger charge is 2.04. The van der Waals surface area contributed by atoms with Crippen molar-refractivity contribution in [3.63, 3.8) is 0 Å². The summed E-state index contributed by atoms with van der Waals surface area (Å²) in [6.07, 6.45) is 3.68. The van der Waals surface area contributed by atoms with E-state index in [1.54, 1.807) is 6.20 Å². The third-order valence-electron chi connectivity index (χ3n) is 2.62. The van der Waals surface area contributed by atoms with E-state index >= 15 is 0 Å². The first kappa shape index (κ1) is 17.2. The second kappa shape index (κ2) is 8.41. The number of aryl methyl sites for hydroxylation is 2. The second-order valence-corrected chi connectivity index (χ2v) is 4.70. The van der Waals surface area contributed by atoms with E-state index in [1.165, 1.54) is 22.4 Å². The fourth-order valence-electron chi connectivity index (χ4n) is 1.78. The topological polar surface area (TPSA) is 99.5 Å². The van der Waals surface area contributed by atoms with Crippen LogP contribution in [0.4, 0.5) is 5.69 Å². The zero-order chi connectivity index (χ0) is 16.5. The summed E-state index contributed by atoms with van der Waals surface area (Å²) < 4.78 is 0. The van der Waals surface area contributed by atoms with E-state index in [-0.39, 0.29) is 0 Å². The fourth-order valence-corrected chi connectivity index (χ4v) is 1.78. The smallest absolute Gasteiger partial charge is 0.414 e. The lowest BCUT2D eigenvalue weighted by atomic mass is 10.1. The van der Waals surface area contributed by atoms with Crippen molar-refractivity contribution >= 4 is 17.6 Å². The summed E-state index contributed by atoms with van der Waals surface area (Å²) in [7, 11) is 0. The van der Waals surface area contributed by atoms with Gasteiger partial charge in [0.2, 0.25) is 0 Å². The van der Waals surface area contributed by atoms with E-state index < -0.39 is 11.9 Å². The lowest BCUT2D eigenvalue weighted by Gasteiger charge is -2.08. The number of pyridine rings is 1. The van der Waals surface area contributed by atoms with Crippen LogP contribution in [0.15, 0.2) is 42.7 Å². The number of hydrogen-bond acceptors (Lipinski definition) is 4. The van der Waals surface area contributed by atoms with Crippen LogP contribution in [-0.2, 0) is 16.1 Å². The molecule has 1 aromatic heterocycles. The number of rotatable bonds is 3. The monoisotopic (exact) mass is 302 g/mol. The largest absolute Gasteiger partial charge is 0.473 e. The Bertz CT molecular complexity index is 610. The van der Waals surface area contributed by atoms with Crippen molar-refractivity contribution < 1.29 is 19.8 Å². The van der Waals surface area contributed by atoms with Gasteiger partial charge in [-0.1, -0.05) is 12.1 Å². The van der Waals surface area contributed by atoms with Crippen LogP contribution in [0, 0.1) is 13.8 Å². The van der Waals surface area contributed by atoms with Crippen LogP contribution in [0.5, 0.6) is 0 Å². The van der Waals surface area contributed by atoms with Gasteiger partial charge in [-0.2, -0.15) is 0 Å². The summed E-state index contributed by atoms with van der Waals surface area (Å²) in [5.74, 6) is -3.65. The van der Waals surface area contributed by atoms with Gasteiger partial charge >= 0.3 is 11.9 Å². The van der Waals surface area contributed by atoms with Gasteiger partial charge in [0.1, 0.15) is 0 Å². The quantitative estimate of drug-likeness (QED) is 0.753. The number of nitrogens with zero attached hydrogens (tertiary/aromatic N) is 1. The van der Waals surface area contributed by atoms with Crippen molar-refractivity contribution in [1.29, 1.82) is 0 Å². The molecular formula is C16H18N2O4. The van der Waals surface area contributed by atoms with Crippen molar-refractivity contribution in [3.8, 4) is 0 Å². The Morgan fingerprint density at radius 1 is 1.09 bits per heavy atom. The maximum atomic E-state index is 9.10. The maximum Gasteiger partial charge on any atom is 0.414 e. The molecule has 0 aliphatic rings. The molecule has 0 unspecified atom stereocenters. The van der Waals surface area contributed by atoms with Crippen molar-refractivity contribution in [3.05, 3.63) is 59.4 Å². The third kappa shape index (κ3) is 6.51. The van der Waals surface area contributed by atoms with Crippen molar-refractivity contribution in [2.24, 2.45) is 0 Å². The Labute approximate surface area is 128 Å². The predicted molar refractivity (Wildman–Crippen MR) is 82.8 cm³/mol. The minimum Gasteiger partial charge on any atom is -0.473 e. The predicted octanol–water partition coefficient (Wildman–Crippen LogP) is 2.47. The van der Waals surface area contributed by atoms with Crippen LogP contribution in [0.3, 0.4) is 0 Å². The number of aromatic nitrogens is 1. The second-order valence-electron chi connectivity index (χ2n) is 4.70. The van der Waals surface area contributed by atoms with Crippen LogP contribution < -0.4 is 5.32 Å². The number of anilines is 1. The highest BCUT2D eigenvalue weighted by Crippen LogP contribution is 2.14. The number of aliphatic carboxylic acids is 2. The molecule has 0 atom stereocenters. The first-order valence-electron chi connectivity index (χ1n) is 6.56. The summed E-state index contributed by atoms with van der Waals surface area (Å²) >= 11 is 0. The van der Waals surface area contributed by atoms with E-state index in [0.29, 0.717) is 0 Å². The van der Waals surface area contributed by atoms with Crippen molar-refractivity contribution in [2.75, 3.05) is 5.32 Å². The molecule has 0 radical (unpaired) electrons. The van der Waals surface area contributed by atoms with Crippen LogP contribution in [0.2, 0.25) is 0 Å². The van der Waals surface area contributed by atoms with E-state index in [9.17, 15) is 0 Å². The first-order chi connectivity index (χ1) is 10.4. The minimum absolute atomic E-state index is 0.816. The van der Waals surface area contributed by atoms with Gasteiger partial charge in [-0.15, -0.1) is 0 Å². The van der Waals surface area contributed by atoms with Crippen LogP contribution >= 0.6 is 0 Å². The zero-order valence-corrected chi connectivity index (χ0v) is 12.4. The molecule has 0 spiro atoms. The van der Waals surface area contributed by atoms with E-state index in [0.717, 1.165) is 6.54 Å². The first-order valence-corrected chi connectivity index (χ1v) is 6.56. The summed E-state index contributed by atoms with van der Waals surface area (Å²) in [5.41, 5.74) is 4.94. The molecule has 0 aliphatic carbocycles. The van der Waals surface area contributed by atoms with Gasteiger partial charge in [0.05, 0.1) is 0 Å². The highest BCUT2D eigenvalue weighted by atomic mass is 16.4. The van der Waals surface area contributed by atoms with Crippen LogP contribution in [0.1, 0.15) is 16.7 Å². The lowest BCUT2D eigenvalue weighted by Crippen LogP contribution is -2.09. The maximum absolute atomic E-state index is 9.10. The molecule has 2 aromatic rings. The van der Waals surface area contributed by atoms with E-state index in [1.807, 2.05) is 12.3 Å². The molecule has 0 saturated heterocycles. The average Bonchev–Trinajstić information content (AvgIpc) is 2.46.